The molecule has 7 nitrogen and oxygen atoms in total. The molecule has 0 spiro atoms. The molecule has 0 radical (unpaired) electrons. The molecule has 0 atom stereocenters. The number of carbonyl (C=O) groups is 1. The molecule has 0 aliphatic rings. The lowest BCUT2D eigenvalue weighted by Gasteiger charge is -2.07. The van der Waals surface area contributed by atoms with Crippen LogP contribution < -0.4 is 11.5 Å². The molecule has 0 aromatic heterocycles. The Morgan fingerprint density at radius 2 is 1.90 bits per heavy atom. The Bertz CT molecular complexity index is 716. The molecule has 1 amide bonds. The van der Waals surface area contributed by atoms with Crippen molar-refractivity contribution in [3.63, 3.8) is 0 Å². The van der Waals surface area contributed by atoms with E-state index in [0.29, 0.717) is 5.56 Å². The summed E-state index contributed by atoms with van der Waals surface area (Å²) in [6, 6.07) is 4.19. The number of hydrogen-bond donors (Lipinski definition) is 2. The van der Waals surface area contributed by atoms with Gasteiger partial charge in [-0.15, -0.1) is 12.4 Å². The lowest BCUT2D eigenvalue weighted by molar-refractivity contribution is 0.100. The van der Waals surface area contributed by atoms with Crippen LogP contribution in [0.2, 0.25) is 0 Å². The third-order valence-electron chi connectivity index (χ3n) is 2.31. The summed E-state index contributed by atoms with van der Waals surface area (Å²) in [7, 11) is -3.63. The first-order valence-corrected chi connectivity index (χ1v) is 6.94. The highest BCUT2D eigenvalue weighted by Crippen LogP contribution is 2.21. The Balaban J connectivity index is 0.00000361. The number of sulfone groups is 1. The van der Waals surface area contributed by atoms with Crippen LogP contribution in [0.1, 0.15) is 21.5 Å². The Morgan fingerprint density at radius 1 is 1.35 bits per heavy atom. The van der Waals surface area contributed by atoms with Crippen LogP contribution in [0.4, 0.5) is 0 Å². The summed E-state index contributed by atoms with van der Waals surface area (Å²) in [5, 5.41) is 8.91. The number of guanidine groups is 1. The number of hydrogen-bond acceptors (Lipinski definition) is 4. The molecule has 0 saturated heterocycles. The Kier molecular flexibility index (Phi) is 5.69. The maximum absolute atomic E-state index is 11.7. The van der Waals surface area contributed by atoms with Gasteiger partial charge in [0.1, 0.15) is 6.07 Å². The fourth-order valence-electron chi connectivity index (χ4n) is 1.49. The standard InChI is InChI=1S/C11H12N4O3S.ClH/c1-6-3-7(5-12)9(19(2,17)18)4-8(6)10(16)15-11(13)14;/h3-4H,1-2H3,(H4,13,14,15,16);1H. The molecule has 4 N–H and O–H groups in total. The van der Waals surface area contributed by atoms with E-state index in [-0.39, 0.29) is 28.4 Å². The number of carbonyl (C=O) groups excluding carboxylic acids is 1. The van der Waals surface area contributed by atoms with Gasteiger partial charge in [-0.05, 0) is 24.6 Å². The van der Waals surface area contributed by atoms with Crippen LogP contribution in [0.3, 0.4) is 0 Å². The average Bonchev–Trinajstić information content (AvgIpc) is 2.25. The van der Waals surface area contributed by atoms with E-state index in [9.17, 15) is 13.2 Å². The van der Waals surface area contributed by atoms with Crippen molar-refractivity contribution in [2.45, 2.75) is 11.8 Å². The van der Waals surface area contributed by atoms with E-state index < -0.39 is 21.7 Å². The van der Waals surface area contributed by atoms with Crippen LogP contribution in [0.5, 0.6) is 0 Å². The molecule has 0 saturated carbocycles. The summed E-state index contributed by atoms with van der Waals surface area (Å²) >= 11 is 0. The molecule has 9 heteroatoms. The highest BCUT2D eigenvalue weighted by atomic mass is 35.5. The van der Waals surface area contributed by atoms with Crippen molar-refractivity contribution in [1.29, 1.82) is 5.26 Å². The van der Waals surface area contributed by atoms with Crippen LogP contribution in [-0.2, 0) is 9.84 Å². The number of halogens is 1. The minimum atomic E-state index is -3.63. The van der Waals surface area contributed by atoms with Crippen LogP contribution in [0.15, 0.2) is 22.0 Å². The maximum Gasteiger partial charge on any atom is 0.280 e. The van der Waals surface area contributed by atoms with E-state index in [0.717, 1.165) is 12.3 Å². The smallest absolute Gasteiger partial charge is 0.280 e. The fourth-order valence-corrected chi connectivity index (χ4v) is 2.33. The quantitative estimate of drug-likeness (QED) is 0.586. The second-order valence-corrected chi connectivity index (χ2v) is 5.87. The first kappa shape index (κ1) is 17.9. The molecule has 108 valence electrons. The molecule has 20 heavy (non-hydrogen) atoms. The molecule has 0 aliphatic heterocycles. The molecule has 0 heterocycles. The van der Waals surface area contributed by atoms with Crippen molar-refractivity contribution < 1.29 is 13.2 Å². The second-order valence-electron chi connectivity index (χ2n) is 3.89. The molecule has 1 aromatic rings. The summed E-state index contributed by atoms with van der Waals surface area (Å²) in [4.78, 5) is 14.8. The largest absolute Gasteiger partial charge is 0.370 e. The SMILES string of the molecule is Cc1cc(C#N)c(S(C)(=O)=O)cc1C(=O)N=C(N)N.Cl. The van der Waals surface area contributed by atoms with E-state index in [4.69, 9.17) is 16.7 Å². The normalized spacial score (nSPS) is 10.1. The van der Waals surface area contributed by atoms with Crippen LogP contribution in [0, 0.1) is 18.3 Å². The predicted molar refractivity (Wildman–Crippen MR) is 76.4 cm³/mol. The summed E-state index contributed by atoms with van der Waals surface area (Å²) in [5.41, 5.74) is 10.6. The number of nitrogens with zero attached hydrogens (tertiary/aromatic N) is 2. The zero-order valence-electron chi connectivity index (χ0n) is 10.7. The van der Waals surface area contributed by atoms with Crippen molar-refractivity contribution in [3.8, 4) is 6.07 Å². The predicted octanol–water partition coefficient (Wildman–Crippen LogP) is 0.106. The third-order valence-corrected chi connectivity index (χ3v) is 3.44. The van der Waals surface area contributed by atoms with Crippen molar-refractivity contribution in [2.24, 2.45) is 16.5 Å². The Labute approximate surface area is 122 Å². The Hall–Kier alpha value is -2.11. The average molecular weight is 317 g/mol. The van der Waals surface area contributed by atoms with Gasteiger partial charge in [0.25, 0.3) is 5.91 Å². The summed E-state index contributed by atoms with van der Waals surface area (Å²) in [6.07, 6.45) is 0.952. The molecule has 0 unspecified atom stereocenters. The van der Waals surface area contributed by atoms with Gasteiger partial charge in [-0.3, -0.25) is 4.79 Å². The van der Waals surface area contributed by atoms with Gasteiger partial charge >= 0.3 is 0 Å². The maximum atomic E-state index is 11.7. The van der Waals surface area contributed by atoms with Crippen LogP contribution in [0.25, 0.3) is 0 Å². The van der Waals surface area contributed by atoms with Gasteiger partial charge in [0, 0.05) is 11.8 Å². The zero-order chi connectivity index (χ0) is 14.8. The number of nitriles is 1. The summed E-state index contributed by atoms with van der Waals surface area (Å²) < 4.78 is 23.1. The zero-order valence-corrected chi connectivity index (χ0v) is 12.4. The van der Waals surface area contributed by atoms with Gasteiger partial charge in [-0.1, -0.05) is 0 Å². The minimum absolute atomic E-state index is 0. The molecule has 1 rings (SSSR count). The van der Waals surface area contributed by atoms with Gasteiger partial charge in [0.05, 0.1) is 10.5 Å². The monoisotopic (exact) mass is 316 g/mol. The van der Waals surface area contributed by atoms with E-state index in [1.54, 1.807) is 13.0 Å². The van der Waals surface area contributed by atoms with E-state index in [1.807, 2.05) is 0 Å². The number of nitrogens with two attached hydrogens (primary N) is 2. The van der Waals surface area contributed by atoms with Crippen molar-refractivity contribution in [1.82, 2.24) is 0 Å². The topological polar surface area (TPSA) is 139 Å². The van der Waals surface area contributed by atoms with Crippen molar-refractivity contribution in [2.75, 3.05) is 6.26 Å². The number of benzene rings is 1. The molecule has 0 fully saturated rings. The lowest BCUT2D eigenvalue weighted by Crippen LogP contribution is -2.24. The molecular formula is C11H13ClN4O3S. The van der Waals surface area contributed by atoms with Gasteiger partial charge in [-0.2, -0.15) is 10.3 Å². The highest BCUT2D eigenvalue weighted by molar-refractivity contribution is 7.90. The molecule has 1 aromatic carbocycles. The van der Waals surface area contributed by atoms with E-state index in [1.165, 1.54) is 6.07 Å². The lowest BCUT2D eigenvalue weighted by atomic mass is 10.1. The first-order valence-electron chi connectivity index (χ1n) is 5.05. The van der Waals surface area contributed by atoms with Gasteiger partial charge in [-0.25, -0.2) is 8.42 Å². The summed E-state index contributed by atoms with van der Waals surface area (Å²) in [5.74, 6) is -1.18. The fraction of sp³-hybridized carbons (Fsp3) is 0.182. The number of rotatable bonds is 2. The van der Waals surface area contributed by atoms with Crippen molar-refractivity contribution in [3.05, 3.63) is 28.8 Å². The number of amides is 1. The van der Waals surface area contributed by atoms with E-state index in [2.05, 4.69) is 4.99 Å². The van der Waals surface area contributed by atoms with Gasteiger partial charge < -0.3 is 11.5 Å². The third kappa shape index (κ3) is 3.94. The van der Waals surface area contributed by atoms with Gasteiger partial charge in [0.2, 0.25) is 0 Å². The summed E-state index contributed by atoms with van der Waals surface area (Å²) in [6.45, 7) is 1.56. The molecular weight excluding hydrogens is 304 g/mol. The molecule has 0 bridgehead atoms. The minimum Gasteiger partial charge on any atom is -0.370 e. The van der Waals surface area contributed by atoms with Gasteiger partial charge in [0.15, 0.2) is 15.8 Å². The van der Waals surface area contributed by atoms with Crippen LogP contribution >= 0.6 is 12.4 Å². The van der Waals surface area contributed by atoms with Crippen LogP contribution in [-0.4, -0.2) is 26.5 Å². The second kappa shape index (κ2) is 6.36. The first-order chi connectivity index (χ1) is 8.66. The number of aliphatic imine (C=N–C) groups is 1. The van der Waals surface area contributed by atoms with E-state index >= 15 is 0 Å². The van der Waals surface area contributed by atoms with Crippen molar-refractivity contribution >= 4 is 34.1 Å². The molecule has 0 aliphatic carbocycles. The number of aryl methyl sites for hydroxylation is 1. The Morgan fingerprint density at radius 3 is 2.30 bits per heavy atom. The highest BCUT2D eigenvalue weighted by Gasteiger charge is 2.19.